The molecule has 1 aromatic carbocycles. The van der Waals surface area contributed by atoms with Crippen LogP contribution in [0.1, 0.15) is 10.4 Å². The van der Waals surface area contributed by atoms with Crippen molar-refractivity contribution in [3.63, 3.8) is 0 Å². The number of benzene rings is 1. The highest BCUT2D eigenvalue weighted by Gasteiger charge is 2.29. The van der Waals surface area contributed by atoms with Crippen molar-refractivity contribution >= 4 is 11.7 Å². The molecule has 1 aromatic rings. The maximum absolute atomic E-state index is 13.6. The summed E-state index contributed by atoms with van der Waals surface area (Å²) in [5.74, 6) is -3.12. The van der Waals surface area contributed by atoms with E-state index in [1.807, 2.05) is 0 Å². The van der Waals surface area contributed by atoms with Crippen molar-refractivity contribution in [2.24, 2.45) is 10.9 Å². The van der Waals surface area contributed by atoms with Gasteiger partial charge in [0.1, 0.15) is 6.10 Å². The van der Waals surface area contributed by atoms with E-state index < -0.39 is 23.6 Å². The summed E-state index contributed by atoms with van der Waals surface area (Å²) in [6, 6.07) is 3.40. The zero-order valence-corrected chi connectivity index (χ0v) is 10.4. The van der Waals surface area contributed by atoms with Crippen molar-refractivity contribution in [1.82, 2.24) is 4.90 Å². The number of nitrogens with two attached hydrogens (primary N) is 1. The van der Waals surface area contributed by atoms with Crippen molar-refractivity contribution < 1.29 is 23.5 Å². The van der Waals surface area contributed by atoms with E-state index in [2.05, 4.69) is 5.16 Å². The van der Waals surface area contributed by atoms with E-state index in [4.69, 9.17) is 15.7 Å². The second-order valence-corrected chi connectivity index (χ2v) is 4.24. The first kappa shape index (κ1) is 14.2. The molecule has 0 radical (unpaired) electrons. The molecule has 0 aliphatic carbocycles. The summed E-state index contributed by atoms with van der Waals surface area (Å²) in [5.41, 5.74) is 5.05. The Balaban J connectivity index is 2.19. The number of amides is 1. The standard InChI is InChI=1S/C12H13F2N3O3/c13-8-3-1-2-7(10(8)14)12(18)17-4-5-20-9(6-17)11(15)16-19/h1-3,9,19H,4-6H2,(H2,15,16). The molecule has 1 heterocycles. The van der Waals surface area contributed by atoms with E-state index >= 15 is 0 Å². The third kappa shape index (κ3) is 2.69. The Morgan fingerprint density at radius 1 is 1.50 bits per heavy atom. The zero-order valence-electron chi connectivity index (χ0n) is 10.4. The minimum Gasteiger partial charge on any atom is -0.409 e. The van der Waals surface area contributed by atoms with Gasteiger partial charge in [0.05, 0.1) is 18.7 Å². The molecular formula is C12H13F2N3O3. The first-order valence-electron chi connectivity index (χ1n) is 5.87. The van der Waals surface area contributed by atoms with Gasteiger partial charge in [-0.05, 0) is 12.1 Å². The molecule has 1 aliphatic heterocycles. The van der Waals surface area contributed by atoms with Gasteiger partial charge in [-0.15, -0.1) is 0 Å². The largest absolute Gasteiger partial charge is 0.409 e. The summed E-state index contributed by atoms with van der Waals surface area (Å²) in [6.07, 6.45) is -0.769. The quantitative estimate of drug-likeness (QED) is 0.359. The lowest BCUT2D eigenvalue weighted by molar-refractivity contribution is 0.00650. The molecule has 1 unspecified atom stereocenters. The predicted molar refractivity (Wildman–Crippen MR) is 65.4 cm³/mol. The second kappa shape index (κ2) is 5.83. The monoisotopic (exact) mass is 285 g/mol. The van der Waals surface area contributed by atoms with Crippen molar-refractivity contribution in [2.45, 2.75) is 6.10 Å². The molecule has 2 rings (SSSR count). The van der Waals surface area contributed by atoms with Crippen LogP contribution in [-0.2, 0) is 4.74 Å². The molecule has 1 amide bonds. The van der Waals surface area contributed by atoms with Crippen LogP contribution in [-0.4, -0.2) is 47.7 Å². The molecule has 8 heteroatoms. The molecule has 0 spiro atoms. The maximum atomic E-state index is 13.6. The van der Waals surface area contributed by atoms with Crippen LogP contribution in [0.25, 0.3) is 0 Å². The SMILES string of the molecule is NC(=NO)C1CN(C(=O)c2cccc(F)c2F)CCO1. The van der Waals surface area contributed by atoms with E-state index in [9.17, 15) is 13.6 Å². The van der Waals surface area contributed by atoms with Gasteiger partial charge in [0.15, 0.2) is 17.5 Å². The first-order valence-corrected chi connectivity index (χ1v) is 5.87. The minimum atomic E-state index is -1.19. The molecule has 3 N–H and O–H groups in total. The number of ether oxygens (including phenoxy) is 1. The normalized spacial score (nSPS) is 20.0. The molecule has 0 saturated carbocycles. The van der Waals surface area contributed by atoms with E-state index in [0.29, 0.717) is 0 Å². The Kier molecular flexibility index (Phi) is 4.14. The summed E-state index contributed by atoms with van der Waals surface area (Å²) in [6.45, 7) is 0.373. The second-order valence-electron chi connectivity index (χ2n) is 4.24. The summed E-state index contributed by atoms with van der Waals surface area (Å²) < 4.78 is 31.9. The number of carbonyl (C=O) groups excluding carboxylic acids is 1. The predicted octanol–water partition coefficient (Wildman–Crippen LogP) is 0.552. The molecule has 6 nitrogen and oxygen atoms in total. The average molecular weight is 285 g/mol. The molecular weight excluding hydrogens is 272 g/mol. The Morgan fingerprint density at radius 3 is 2.95 bits per heavy atom. The Hall–Kier alpha value is -2.22. The Morgan fingerprint density at radius 2 is 2.25 bits per heavy atom. The van der Waals surface area contributed by atoms with Gasteiger partial charge in [-0.1, -0.05) is 11.2 Å². The summed E-state index contributed by atoms with van der Waals surface area (Å²) >= 11 is 0. The maximum Gasteiger partial charge on any atom is 0.257 e. The number of hydrogen-bond donors (Lipinski definition) is 2. The van der Waals surface area contributed by atoms with Gasteiger partial charge in [0.25, 0.3) is 5.91 Å². The number of carbonyl (C=O) groups is 1. The van der Waals surface area contributed by atoms with Gasteiger partial charge in [-0.2, -0.15) is 0 Å². The van der Waals surface area contributed by atoms with E-state index in [-0.39, 0.29) is 31.1 Å². The lowest BCUT2D eigenvalue weighted by Gasteiger charge is -2.32. The fourth-order valence-corrected chi connectivity index (χ4v) is 1.92. The molecule has 20 heavy (non-hydrogen) atoms. The fourth-order valence-electron chi connectivity index (χ4n) is 1.92. The summed E-state index contributed by atoms with van der Waals surface area (Å²) in [4.78, 5) is 13.4. The van der Waals surface area contributed by atoms with Crippen LogP contribution in [0.2, 0.25) is 0 Å². The van der Waals surface area contributed by atoms with Crippen LogP contribution in [0, 0.1) is 11.6 Å². The van der Waals surface area contributed by atoms with Crippen molar-refractivity contribution in [2.75, 3.05) is 19.7 Å². The average Bonchev–Trinajstić information content (AvgIpc) is 2.48. The van der Waals surface area contributed by atoms with Gasteiger partial charge < -0.3 is 20.6 Å². The number of hydrogen-bond acceptors (Lipinski definition) is 4. The van der Waals surface area contributed by atoms with E-state index in [1.54, 1.807) is 0 Å². The molecule has 1 aliphatic rings. The molecule has 1 saturated heterocycles. The lowest BCUT2D eigenvalue weighted by Crippen LogP contribution is -2.50. The highest BCUT2D eigenvalue weighted by atomic mass is 19.2. The number of morpholine rings is 1. The highest BCUT2D eigenvalue weighted by molar-refractivity contribution is 5.95. The molecule has 0 bridgehead atoms. The highest BCUT2D eigenvalue weighted by Crippen LogP contribution is 2.16. The van der Waals surface area contributed by atoms with Crippen molar-refractivity contribution in [1.29, 1.82) is 0 Å². The molecule has 108 valence electrons. The van der Waals surface area contributed by atoms with Gasteiger partial charge >= 0.3 is 0 Å². The molecule has 1 atom stereocenters. The number of rotatable bonds is 2. The first-order chi connectivity index (χ1) is 9.54. The Labute approximate surface area is 113 Å². The number of amidine groups is 1. The van der Waals surface area contributed by atoms with Crippen molar-refractivity contribution in [3.05, 3.63) is 35.4 Å². The van der Waals surface area contributed by atoms with Crippen molar-refractivity contribution in [3.8, 4) is 0 Å². The zero-order chi connectivity index (χ0) is 14.7. The Bertz CT molecular complexity index is 551. The van der Waals surface area contributed by atoms with Crippen LogP contribution in [0.15, 0.2) is 23.4 Å². The minimum absolute atomic E-state index is 0.00464. The third-order valence-electron chi connectivity index (χ3n) is 2.98. The van der Waals surface area contributed by atoms with Gasteiger partial charge in [0.2, 0.25) is 0 Å². The lowest BCUT2D eigenvalue weighted by atomic mass is 10.1. The van der Waals surface area contributed by atoms with Crippen LogP contribution >= 0.6 is 0 Å². The topological polar surface area (TPSA) is 88.2 Å². The van der Waals surface area contributed by atoms with Gasteiger partial charge in [-0.3, -0.25) is 4.79 Å². The third-order valence-corrected chi connectivity index (χ3v) is 2.98. The summed E-state index contributed by atoms with van der Waals surface area (Å²) in [5, 5.41) is 11.4. The van der Waals surface area contributed by atoms with Crippen LogP contribution in [0.5, 0.6) is 0 Å². The van der Waals surface area contributed by atoms with Gasteiger partial charge in [-0.25, -0.2) is 8.78 Å². The number of nitrogens with zero attached hydrogens (tertiary/aromatic N) is 2. The molecule has 1 fully saturated rings. The smallest absolute Gasteiger partial charge is 0.257 e. The summed E-state index contributed by atoms with van der Waals surface area (Å²) in [7, 11) is 0. The van der Waals surface area contributed by atoms with Crippen LogP contribution in [0.3, 0.4) is 0 Å². The van der Waals surface area contributed by atoms with Crippen LogP contribution in [0.4, 0.5) is 8.78 Å². The van der Waals surface area contributed by atoms with E-state index in [1.165, 1.54) is 17.0 Å². The number of oxime groups is 1. The van der Waals surface area contributed by atoms with Gasteiger partial charge in [0, 0.05) is 6.54 Å². The van der Waals surface area contributed by atoms with Crippen LogP contribution < -0.4 is 5.73 Å². The fraction of sp³-hybridized carbons (Fsp3) is 0.333. The number of halogens is 2. The van der Waals surface area contributed by atoms with E-state index in [0.717, 1.165) is 6.07 Å². The molecule has 0 aromatic heterocycles.